The third-order valence-electron chi connectivity index (χ3n) is 5.84. The van der Waals surface area contributed by atoms with Crippen molar-refractivity contribution in [2.24, 2.45) is 11.8 Å². The minimum Gasteiger partial charge on any atom is -0.507 e. The molecule has 2 N–H and O–H groups in total. The maximum atomic E-state index is 11.3. The lowest BCUT2D eigenvalue weighted by Crippen LogP contribution is -2.49. The summed E-state index contributed by atoms with van der Waals surface area (Å²) < 4.78 is 0. The first-order chi connectivity index (χ1) is 12.3. The van der Waals surface area contributed by atoms with Crippen molar-refractivity contribution in [1.29, 1.82) is 0 Å². The first kappa shape index (κ1) is 18.6. The van der Waals surface area contributed by atoms with E-state index in [9.17, 15) is 15.0 Å². The molecule has 4 heteroatoms. The van der Waals surface area contributed by atoms with Crippen molar-refractivity contribution in [2.75, 3.05) is 13.1 Å². The molecule has 1 aliphatic heterocycles. The van der Waals surface area contributed by atoms with Crippen molar-refractivity contribution >= 4 is 5.91 Å². The molecule has 1 amide bonds. The Hall–Kier alpha value is -2.23. The smallest absolute Gasteiger partial charge is 0.219 e. The van der Waals surface area contributed by atoms with E-state index in [1.807, 2.05) is 11.8 Å². The Bertz CT molecular complexity index is 736. The van der Waals surface area contributed by atoms with Gasteiger partial charge in [0.2, 0.25) is 5.91 Å². The number of likely N-dealkylation sites (tertiary alicyclic amines) is 1. The number of carbonyl (C=O) groups excluding carboxylic acids is 1. The zero-order valence-electron chi connectivity index (χ0n) is 16.0. The largest absolute Gasteiger partial charge is 0.507 e. The quantitative estimate of drug-likeness (QED) is 0.798. The molecule has 1 unspecified atom stereocenters. The van der Waals surface area contributed by atoms with Crippen LogP contribution in [0.2, 0.25) is 0 Å². The second kappa shape index (κ2) is 7.18. The minimum atomic E-state index is -0.0350. The molecule has 0 bridgehead atoms. The Morgan fingerprint density at radius 3 is 2.38 bits per heavy atom. The molecule has 1 aromatic carbocycles. The zero-order valence-corrected chi connectivity index (χ0v) is 16.0. The lowest BCUT2D eigenvalue weighted by molar-refractivity contribution is -0.134. The van der Waals surface area contributed by atoms with E-state index >= 15 is 0 Å². The van der Waals surface area contributed by atoms with Crippen LogP contribution >= 0.6 is 0 Å². The topological polar surface area (TPSA) is 60.8 Å². The Morgan fingerprint density at radius 2 is 1.85 bits per heavy atom. The summed E-state index contributed by atoms with van der Waals surface area (Å²) in [5.41, 5.74) is 3.90. The van der Waals surface area contributed by atoms with Crippen LogP contribution < -0.4 is 0 Å². The number of hydrogen-bond acceptors (Lipinski definition) is 3. The number of aromatic hydroxyl groups is 2. The van der Waals surface area contributed by atoms with Crippen molar-refractivity contribution in [3.63, 3.8) is 0 Å². The first-order valence-electron chi connectivity index (χ1n) is 9.39. The summed E-state index contributed by atoms with van der Waals surface area (Å²) in [6.07, 6.45) is 4.94. The molecular weight excluding hydrogens is 326 g/mol. The maximum Gasteiger partial charge on any atom is 0.219 e. The number of rotatable bonds is 4. The van der Waals surface area contributed by atoms with Crippen LogP contribution in [0.3, 0.4) is 0 Å². The summed E-state index contributed by atoms with van der Waals surface area (Å²) in [4.78, 5) is 13.1. The molecule has 0 spiro atoms. The van der Waals surface area contributed by atoms with Crippen LogP contribution in [0.1, 0.15) is 50.7 Å². The van der Waals surface area contributed by atoms with Gasteiger partial charge in [-0.2, -0.15) is 0 Å². The van der Waals surface area contributed by atoms with Crippen molar-refractivity contribution < 1.29 is 15.0 Å². The molecule has 2 atom stereocenters. The average Bonchev–Trinajstić information content (AvgIpc) is 2.49. The minimum absolute atomic E-state index is 0.0350. The predicted molar refractivity (Wildman–Crippen MR) is 103 cm³/mol. The predicted octanol–water partition coefficient (Wildman–Crippen LogP) is 4.13. The van der Waals surface area contributed by atoms with Crippen LogP contribution in [0.4, 0.5) is 0 Å². The molecule has 1 fully saturated rings. The van der Waals surface area contributed by atoms with Gasteiger partial charge < -0.3 is 15.1 Å². The van der Waals surface area contributed by atoms with Gasteiger partial charge in [-0.25, -0.2) is 0 Å². The van der Waals surface area contributed by atoms with Crippen molar-refractivity contribution in [1.82, 2.24) is 4.90 Å². The maximum absolute atomic E-state index is 11.3. The fourth-order valence-corrected chi connectivity index (χ4v) is 4.33. The molecule has 1 aliphatic carbocycles. The van der Waals surface area contributed by atoms with E-state index in [2.05, 4.69) is 19.6 Å². The zero-order chi connectivity index (χ0) is 19.0. The van der Waals surface area contributed by atoms with Gasteiger partial charge in [0.05, 0.1) is 0 Å². The first-order valence-corrected chi connectivity index (χ1v) is 9.39. The Labute approximate surface area is 155 Å². The van der Waals surface area contributed by atoms with Gasteiger partial charge in [-0.05, 0) is 62.6 Å². The average molecular weight is 355 g/mol. The van der Waals surface area contributed by atoms with E-state index in [1.165, 1.54) is 5.57 Å². The van der Waals surface area contributed by atoms with Gasteiger partial charge in [0, 0.05) is 31.5 Å². The molecule has 1 saturated heterocycles. The molecule has 2 aliphatic rings. The highest BCUT2D eigenvalue weighted by molar-refractivity contribution is 5.74. The molecule has 1 aromatic rings. The number of nitrogens with zero attached hydrogens (tertiary/aromatic N) is 1. The molecule has 3 rings (SSSR count). The monoisotopic (exact) mass is 355 g/mol. The van der Waals surface area contributed by atoms with Crippen LogP contribution in [-0.4, -0.2) is 34.1 Å². The Kier molecular flexibility index (Phi) is 5.12. The molecule has 140 valence electrons. The third-order valence-corrected chi connectivity index (χ3v) is 5.84. The number of phenols is 2. The lowest BCUT2D eigenvalue weighted by Gasteiger charge is -2.39. The second-order valence-corrected chi connectivity index (χ2v) is 8.07. The summed E-state index contributed by atoms with van der Waals surface area (Å²) in [7, 11) is 0. The lowest BCUT2D eigenvalue weighted by atomic mass is 9.73. The number of phenolic OH excluding ortho intramolecular Hbond substituents is 2. The van der Waals surface area contributed by atoms with Crippen LogP contribution in [0, 0.1) is 11.8 Å². The Balaban J connectivity index is 1.82. The summed E-state index contributed by atoms with van der Waals surface area (Å²) in [6, 6.07) is 3.55. The fourth-order valence-electron chi connectivity index (χ4n) is 4.33. The molecule has 26 heavy (non-hydrogen) atoms. The second-order valence-electron chi connectivity index (χ2n) is 8.07. The van der Waals surface area contributed by atoms with E-state index in [0.29, 0.717) is 11.5 Å². The van der Waals surface area contributed by atoms with Gasteiger partial charge in [0.15, 0.2) is 0 Å². The van der Waals surface area contributed by atoms with E-state index in [4.69, 9.17) is 0 Å². The van der Waals surface area contributed by atoms with E-state index in [0.717, 1.165) is 43.5 Å². The van der Waals surface area contributed by atoms with Gasteiger partial charge in [0.1, 0.15) is 11.5 Å². The highest BCUT2D eigenvalue weighted by Crippen LogP contribution is 2.46. The SMILES string of the molecule is C=C(C)[C@@H]1CCC(C)=CC1c1c(O)cc(CC2CN(C(C)=O)C2)cc1O. The third kappa shape index (κ3) is 3.64. The molecule has 0 saturated carbocycles. The number of allylic oxidation sites excluding steroid dienone is 3. The molecule has 0 aromatic heterocycles. The highest BCUT2D eigenvalue weighted by Gasteiger charge is 2.32. The normalized spacial score (nSPS) is 23.3. The number of carbonyl (C=O) groups is 1. The number of amides is 1. The highest BCUT2D eigenvalue weighted by atomic mass is 16.3. The van der Waals surface area contributed by atoms with Crippen LogP contribution in [-0.2, 0) is 11.2 Å². The summed E-state index contributed by atoms with van der Waals surface area (Å²) in [5, 5.41) is 21.3. The van der Waals surface area contributed by atoms with Gasteiger partial charge in [-0.1, -0.05) is 23.8 Å². The van der Waals surface area contributed by atoms with Gasteiger partial charge in [-0.3, -0.25) is 4.79 Å². The van der Waals surface area contributed by atoms with Gasteiger partial charge in [-0.15, -0.1) is 0 Å². The standard InChI is InChI=1S/C22H29NO3/c1-13(2)18-6-5-14(3)7-19(18)22-20(25)9-16(10-21(22)26)8-17-11-23(12-17)15(4)24/h7,9-10,17-19,25-26H,1,5-6,8,11-12H2,2-4H3/t18-,19?/m0/s1. The van der Waals surface area contributed by atoms with E-state index in [-0.39, 0.29) is 29.2 Å². The summed E-state index contributed by atoms with van der Waals surface area (Å²) in [5.74, 6) is 1.01. The Morgan fingerprint density at radius 1 is 1.23 bits per heavy atom. The summed E-state index contributed by atoms with van der Waals surface area (Å²) in [6.45, 7) is 11.3. The number of hydrogen-bond donors (Lipinski definition) is 2. The van der Waals surface area contributed by atoms with E-state index in [1.54, 1.807) is 19.1 Å². The molecule has 1 heterocycles. The van der Waals surface area contributed by atoms with Crippen molar-refractivity contribution in [3.05, 3.63) is 47.1 Å². The van der Waals surface area contributed by atoms with Crippen LogP contribution in [0.25, 0.3) is 0 Å². The molecule has 0 radical (unpaired) electrons. The van der Waals surface area contributed by atoms with Gasteiger partial charge >= 0.3 is 0 Å². The molecule has 4 nitrogen and oxygen atoms in total. The van der Waals surface area contributed by atoms with Crippen molar-refractivity contribution in [2.45, 2.75) is 46.0 Å². The fraction of sp³-hybridized carbons (Fsp3) is 0.500. The van der Waals surface area contributed by atoms with Crippen LogP contribution in [0.15, 0.2) is 35.9 Å². The number of benzene rings is 1. The van der Waals surface area contributed by atoms with E-state index < -0.39 is 0 Å². The van der Waals surface area contributed by atoms with Crippen molar-refractivity contribution in [3.8, 4) is 11.5 Å². The van der Waals surface area contributed by atoms with Crippen LogP contribution in [0.5, 0.6) is 11.5 Å². The van der Waals surface area contributed by atoms with Gasteiger partial charge in [0.25, 0.3) is 0 Å². The molecular formula is C22H29NO3. The summed E-state index contributed by atoms with van der Waals surface area (Å²) >= 11 is 0.